The lowest BCUT2D eigenvalue weighted by molar-refractivity contribution is 0.493. The Bertz CT molecular complexity index is 561. The second-order valence-corrected chi connectivity index (χ2v) is 7.00. The molecule has 0 atom stereocenters. The molecule has 0 saturated heterocycles. The number of hydrogen-bond donors (Lipinski definition) is 1. The quantitative estimate of drug-likeness (QED) is 0.745. The van der Waals surface area contributed by atoms with E-state index in [0.717, 1.165) is 24.4 Å². The minimum absolute atomic E-state index is 0.335. The van der Waals surface area contributed by atoms with Gasteiger partial charge in [-0.3, -0.25) is 0 Å². The van der Waals surface area contributed by atoms with Crippen LogP contribution in [0.1, 0.15) is 26.5 Å². The molecule has 0 aromatic carbocycles. The molecule has 1 aromatic heterocycles. The fourth-order valence-corrected chi connectivity index (χ4v) is 3.30. The minimum Gasteiger partial charge on any atom is -0.349 e. The van der Waals surface area contributed by atoms with E-state index in [1.54, 1.807) is 19.3 Å². The van der Waals surface area contributed by atoms with Crippen molar-refractivity contribution < 1.29 is 8.42 Å². The van der Waals surface area contributed by atoms with Crippen molar-refractivity contribution >= 4 is 10.0 Å². The van der Waals surface area contributed by atoms with Crippen molar-refractivity contribution in [3.63, 3.8) is 0 Å². The molecule has 0 saturated carbocycles. The maximum absolute atomic E-state index is 12.5. The lowest BCUT2D eigenvalue weighted by Gasteiger charge is -2.15. The van der Waals surface area contributed by atoms with Gasteiger partial charge in [0.15, 0.2) is 0 Å². The summed E-state index contributed by atoms with van der Waals surface area (Å²) in [5, 5.41) is 3.22. The van der Waals surface area contributed by atoms with Gasteiger partial charge in [0.1, 0.15) is 4.90 Å². The first-order valence-corrected chi connectivity index (χ1v) is 8.27. The third-order valence-corrected chi connectivity index (χ3v) is 4.83. The van der Waals surface area contributed by atoms with E-state index in [1.165, 1.54) is 4.31 Å². The van der Waals surface area contributed by atoms with E-state index in [-0.39, 0.29) is 0 Å². The number of aryl methyl sites for hydroxylation is 1. The predicted octanol–water partition coefficient (Wildman–Crippen LogP) is 1.81. The average molecular weight is 299 g/mol. The van der Waals surface area contributed by atoms with E-state index in [9.17, 15) is 8.42 Å². The van der Waals surface area contributed by atoms with Crippen LogP contribution in [0.25, 0.3) is 0 Å². The molecule has 6 heteroatoms. The van der Waals surface area contributed by atoms with Crippen molar-refractivity contribution in [3.05, 3.63) is 30.1 Å². The summed E-state index contributed by atoms with van der Waals surface area (Å²) in [7, 11) is -1.87. The largest absolute Gasteiger partial charge is 0.349 e. The van der Waals surface area contributed by atoms with Crippen LogP contribution in [0.4, 0.5) is 0 Å². The first-order valence-electron chi connectivity index (χ1n) is 6.83. The van der Waals surface area contributed by atoms with E-state index in [1.807, 2.05) is 25.3 Å². The first kappa shape index (κ1) is 16.9. The molecule has 0 bridgehead atoms. The zero-order valence-corrected chi connectivity index (χ0v) is 13.6. The van der Waals surface area contributed by atoms with Crippen molar-refractivity contribution in [1.29, 1.82) is 0 Å². The van der Waals surface area contributed by atoms with Crippen LogP contribution in [0.15, 0.2) is 29.3 Å². The molecular formula is C14H25N3O2S. The van der Waals surface area contributed by atoms with Crippen LogP contribution in [0.5, 0.6) is 0 Å². The molecule has 1 N–H and O–H groups in total. The molecule has 0 unspecified atom stereocenters. The Morgan fingerprint density at radius 2 is 2.10 bits per heavy atom. The number of likely N-dealkylation sites (N-methyl/N-ethyl adjacent to an activating group) is 1. The number of hydrogen-bond acceptors (Lipinski definition) is 3. The normalized spacial score (nSPS) is 12.1. The van der Waals surface area contributed by atoms with Crippen LogP contribution < -0.4 is 5.32 Å². The lowest BCUT2D eigenvalue weighted by Crippen LogP contribution is -2.28. The monoisotopic (exact) mass is 299 g/mol. The fraction of sp³-hybridized carbons (Fsp3) is 0.571. The average Bonchev–Trinajstić information content (AvgIpc) is 2.79. The SMILES string of the molecule is C=C(C)CN(C)S(=O)(=O)c1cc(CNCC)n(CC)c1. The Morgan fingerprint density at radius 1 is 1.45 bits per heavy atom. The third kappa shape index (κ3) is 3.94. The van der Waals surface area contributed by atoms with Crippen molar-refractivity contribution in [2.45, 2.75) is 38.8 Å². The highest BCUT2D eigenvalue weighted by atomic mass is 32.2. The highest BCUT2D eigenvalue weighted by Crippen LogP contribution is 2.19. The predicted molar refractivity (Wildman–Crippen MR) is 82.1 cm³/mol. The Morgan fingerprint density at radius 3 is 2.60 bits per heavy atom. The lowest BCUT2D eigenvalue weighted by atomic mass is 10.4. The van der Waals surface area contributed by atoms with E-state index < -0.39 is 10.0 Å². The Balaban J connectivity index is 3.06. The van der Waals surface area contributed by atoms with Crippen LogP contribution in [0.2, 0.25) is 0 Å². The van der Waals surface area contributed by atoms with Gasteiger partial charge in [-0.15, -0.1) is 0 Å². The van der Waals surface area contributed by atoms with Gasteiger partial charge in [0, 0.05) is 38.6 Å². The molecule has 0 aliphatic heterocycles. The Hall–Kier alpha value is -1.11. The van der Waals surface area contributed by atoms with E-state index in [4.69, 9.17) is 0 Å². The van der Waals surface area contributed by atoms with Crippen LogP contribution in [0.3, 0.4) is 0 Å². The highest BCUT2D eigenvalue weighted by molar-refractivity contribution is 7.89. The molecule has 5 nitrogen and oxygen atoms in total. The van der Waals surface area contributed by atoms with Gasteiger partial charge in [0.25, 0.3) is 0 Å². The number of nitrogens with zero attached hydrogens (tertiary/aromatic N) is 2. The number of nitrogens with one attached hydrogen (secondary N) is 1. The van der Waals surface area contributed by atoms with Gasteiger partial charge < -0.3 is 9.88 Å². The Labute approximate surface area is 122 Å². The highest BCUT2D eigenvalue weighted by Gasteiger charge is 2.23. The third-order valence-electron chi connectivity index (χ3n) is 3.06. The van der Waals surface area contributed by atoms with Gasteiger partial charge in [0.05, 0.1) is 0 Å². The van der Waals surface area contributed by atoms with Crippen molar-refractivity contribution in [2.75, 3.05) is 20.1 Å². The van der Waals surface area contributed by atoms with Gasteiger partial charge in [0.2, 0.25) is 10.0 Å². The second-order valence-electron chi connectivity index (χ2n) is 4.95. The van der Waals surface area contributed by atoms with E-state index in [2.05, 4.69) is 11.9 Å². The standard InChI is InChI=1S/C14H25N3O2S/c1-6-15-9-13-8-14(11-17(13)7-2)20(18,19)16(5)10-12(3)4/h8,11,15H,3,6-7,9-10H2,1-2,4-5H3. The molecule has 0 amide bonds. The number of sulfonamides is 1. The summed E-state index contributed by atoms with van der Waals surface area (Å²) in [5.41, 5.74) is 1.80. The van der Waals surface area contributed by atoms with Crippen LogP contribution in [0, 0.1) is 0 Å². The minimum atomic E-state index is -3.45. The number of rotatable bonds is 8. The molecule has 1 heterocycles. The maximum atomic E-state index is 12.5. The zero-order chi connectivity index (χ0) is 15.3. The van der Waals surface area contributed by atoms with Gasteiger partial charge >= 0.3 is 0 Å². The fourth-order valence-electron chi connectivity index (χ4n) is 2.01. The van der Waals surface area contributed by atoms with Crippen molar-refractivity contribution in [3.8, 4) is 0 Å². The number of aromatic nitrogens is 1. The molecule has 0 fully saturated rings. The van der Waals surface area contributed by atoms with E-state index >= 15 is 0 Å². The first-order chi connectivity index (χ1) is 9.32. The smallest absolute Gasteiger partial charge is 0.244 e. The molecule has 0 spiro atoms. The molecule has 0 aliphatic carbocycles. The second kappa shape index (κ2) is 7.06. The van der Waals surface area contributed by atoms with Gasteiger partial charge in [-0.25, -0.2) is 8.42 Å². The summed E-state index contributed by atoms with van der Waals surface area (Å²) < 4.78 is 28.2. The molecule has 1 aromatic rings. The summed E-state index contributed by atoms with van der Waals surface area (Å²) >= 11 is 0. The van der Waals surface area contributed by atoms with Crippen LogP contribution in [-0.2, 0) is 23.1 Å². The summed E-state index contributed by atoms with van der Waals surface area (Å²) in [5.74, 6) is 0. The van der Waals surface area contributed by atoms with E-state index in [0.29, 0.717) is 18.0 Å². The van der Waals surface area contributed by atoms with Crippen molar-refractivity contribution in [1.82, 2.24) is 14.2 Å². The molecule has 1 rings (SSSR count). The topological polar surface area (TPSA) is 54.3 Å². The summed E-state index contributed by atoms with van der Waals surface area (Å²) in [6, 6.07) is 1.75. The summed E-state index contributed by atoms with van der Waals surface area (Å²) in [4.78, 5) is 0.344. The molecule has 0 radical (unpaired) electrons. The molecule has 20 heavy (non-hydrogen) atoms. The van der Waals surface area contributed by atoms with Crippen molar-refractivity contribution in [2.24, 2.45) is 0 Å². The molecule has 114 valence electrons. The Kier molecular flexibility index (Phi) is 5.98. The van der Waals surface area contributed by atoms with Gasteiger partial charge in [-0.2, -0.15) is 4.31 Å². The van der Waals surface area contributed by atoms with Gasteiger partial charge in [-0.05, 0) is 26.5 Å². The maximum Gasteiger partial charge on any atom is 0.244 e. The zero-order valence-electron chi connectivity index (χ0n) is 12.8. The molecule has 0 aliphatic rings. The summed E-state index contributed by atoms with van der Waals surface area (Å²) in [6.07, 6.45) is 1.71. The molecular weight excluding hydrogens is 274 g/mol. The summed E-state index contributed by atoms with van der Waals surface area (Å²) in [6.45, 7) is 12.2. The van der Waals surface area contributed by atoms with Crippen LogP contribution in [-0.4, -0.2) is 37.4 Å². The van der Waals surface area contributed by atoms with Crippen LogP contribution >= 0.6 is 0 Å². The van der Waals surface area contributed by atoms with Gasteiger partial charge in [-0.1, -0.05) is 19.1 Å².